The largest absolute Gasteiger partial charge is 0.490 e. The van der Waals surface area contributed by atoms with Gasteiger partial charge in [0.2, 0.25) is 10.0 Å². The molecule has 0 fully saturated rings. The minimum absolute atomic E-state index is 0.0931. The molecule has 200 valence electrons. The van der Waals surface area contributed by atoms with Crippen molar-refractivity contribution in [1.82, 2.24) is 9.21 Å². The normalized spacial score (nSPS) is 23.9. The van der Waals surface area contributed by atoms with E-state index in [2.05, 4.69) is 0 Å². The fourth-order valence-corrected chi connectivity index (χ4v) is 4.46. The van der Waals surface area contributed by atoms with Gasteiger partial charge in [0.15, 0.2) is 0 Å². The molecule has 0 saturated heterocycles. The van der Waals surface area contributed by atoms with Crippen LogP contribution in [0.3, 0.4) is 0 Å². The van der Waals surface area contributed by atoms with Gasteiger partial charge in [0.25, 0.3) is 5.91 Å². The van der Waals surface area contributed by atoms with Crippen molar-refractivity contribution in [1.29, 1.82) is 0 Å². The number of benzene rings is 1. The second-order valence-corrected chi connectivity index (χ2v) is 12.0. The van der Waals surface area contributed by atoms with Crippen LogP contribution in [0, 0.1) is 5.92 Å². The Labute approximate surface area is 211 Å². The Morgan fingerprint density at radius 3 is 2.49 bits per heavy atom. The molecule has 0 bridgehead atoms. The van der Waals surface area contributed by atoms with Crippen molar-refractivity contribution in [3.05, 3.63) is 23.8 Å². The van der Waals surface area contributed by atoms with Crippen molar-refractivity contribution in [3.63, 3.8) is 0 Å². The Morgan fingerprint density at radius 1 is 1.20 bits per heavy atom. The van der Waals surface area contributed by atoms with Gasteiger partial charge in [-0.1, -0.05) is 6.92 Å². The van der Waals surface area contributed by atoms with Crippen molar-refractivity contribution < 1.29 is 27.8 Å². The number of likely N-dealkylation sites (N-methyl/N-ethyl adjacent to an activating group) is 1. The highest BCUT2D eigenvalue weighted by atomic mass is 32.2. The summed E-state index contributed by atoms with van der Waals surface area (Å²) in [7, 11) is 1.98. The summed E-state index contributed by atoms with van der Waals surface area (Å²) >= 11 is 0. The lowest BCUT2D eigenvalue weighted by molar-refractivity contribution is -0.00828. The zero-order chi connectivity index (χ0) is 26.3. The molecule has 1 aromatic carbocycles. The number of aliphatic hydroxyl groups excluding tert-OH is 1. The predicted octanol–water partition coefficient (Wildman–Crippen LogP) is 2.44. The number of ether oxygens (including phenoxy) is 2. The molecule has 0 unspecified atom stereocenters. The third-order valence-corrected chi connectivity index (χ3v) is 7.84. The van der Waals surface area contributed by atoms with Crippen LogP contribution in [-0.4, -0.2) is 101 Å². The number of amides is 1. The Morgan fingerprint density at radius 2 is 1.89 bits per heavy atom. The molecule has 1 heterocycles. The zero-order valence-electron chi connectivity index (χ0n) is 22.2. The molecule has 0 aromatic heterocycles. The van der Waals surface area contributed by atoms with Crippen molar-refractivity contribution in [3.8, 4) is 5.75 Å². The molecule has 4 atom stereocenters. The van der Waals surface area contributed by atoms with E-state index in [1.807, 2.05) is 51.0 Å². The number of hydrogen-bond acceptors (Lipinski definition) is 7. The van der Waals surface area contributed by atoms with E-state index in [1.165, 1.54) is 17.6 Å². The third kappa shape index (κ3) is 8.34. The number of carbonyl (C=O) groups is 1. The highest BCUT2D eigenvalue weighted by Crippen LogP contribution is 2.29. The molecule has 1 aliphatic rings. The van der Waals surface area contributed by atoms with Crippen LogP contribution < -0.4 is 9.64 Å². The molecule has 0 radical (unpaired) electrons. The van der Waals surface area contributed by atoms with E-state index in [9.17, 15) is 18.3 Å². The first kappa shape index (κ1) is 29.4. The summed E-state index contributed by atoms with van der Waals surface area (Å²) in [4.78, 5) is 17.5. The Hall–Kier alpha value is -1.88. The van der Waals surface area contributed by atoms with Gasteiger partial charge in [-0.3, -0.25) is 4.79 Å². The standard InChI is InChI=1S/C25H43N3O6S/c1-18-15-28(19(2)17-29)25(30)22-14-21(26(4)5)11-12-23(22)34-20(3)10-8-9-13-33-24(18)16-27(6)35(7,31)32/h11-12,14,18-20,24,29H,8-10,13,15-17H2,1-7H3/t18-,19+,20-,24+/m1/s1. The summed E-state index contributed by atoms with van der Waals surface area (Å²) < 4.78 is 37.8. The van der Waals surface area contributed by atoms with Crippen molar-refractivity contribution >= 4 is 21.6 Å². The van der Waals surface area contributed by atoms with Gasteiger partial charge in [-0.25, -0.2) is 12.7 Å². The summed E-state index contributed by atoms with van der Waals surface area (Å²) in [6.07, 6.45) is 3.18. The fourth-order valence-electron chi connectivity index (χ4n) is 4.04. The maximum Gasteiger partial charge on any atom is 0.258 e. The van der Waals surface area contributed by atoms with Crippen LogP contribution in [0.25, 0.3) is 0 Å². The minimum Gasteiger partial charge on any atom is -0.490 e. The lowest BCUT2D eigenvalue weighted by atomic mass is 10.0. The van der Waals surface area contributed by atoms with Crippen LogP contribution in [0.4, 0.5) is 5.69 Å². The second-order valence-electron chi connectivity index (χ2n) is 9.92. The van der Waals surface area contributed by atoms with Crippen molar-refractivity contribution in [2.75, 3.05) is 58.6 Å². The summed E-state index contributed by atoms with van der Waals surface area (Å²) in [5.41, 5.74) is 1.31. The van der Waals surface area contributed by atoms with Gasteiger partial charge in [0.05, 0.1) is 36.7 Å². The molecule has 1 aromatic rings. The Bertz CT molecular complexity index is 939. The van der Waals surface area contributed by atoms with E-state index in [4.69, 9.17) is 9.47 Å². The number of fused-ring (bicyclic) bond motifs is 1. The summed E-state index contributed by atoms with van der Waals surface area (Å²) in [5.74, 6) is 0.106. The van der Waals surface area contributed by atoms with Crippen molar-refractivity contribution in [2.24, 2.45) is 5.92 Å². The Balaban J connectivity index is 2.49. The van der Waals surface area contributed by atoms with Gasteiger partial charge in [0.1, 0.15) is 5.75 Å². The van der Waals surface area contributed by atoms with Crippen molar-refractivity contribution in [2.45, 2.75) is 58.3 Å². The van der Waals surface area contributed by atoms with E-state index >= 15 is 0 Å². The molecule has 1 amide bonds. The van der Waals surface area contributed by atoms with Crippen LogP contribution in [0.1, 0.15) is 50.4 Å². The van der Waals surface area contributed by atoms with Gasteiger partial charge in [-0.05, 0) is 51.3 Å². The number of anilines is 1. The molecule has 2 rings (SSSR count). The molecular formula is C25H43N3O6S. The Kier molecular flexibility index (Phi) is 10.8. The molecule has 9 nitrogen and oxygen atoms in total. The first-order valence-electron chi connectivity index (χ1n) is 12.3. The predicted molar refractivity (Wildman–Crippen MR) is 139 cm³/mol. The number of sulfonamides is 1. The van der Waals surface area contributed by atoms with Crippen LogP contribution in [0.5, 0.6) is 5.75 Å². The van der Waals surface area contributed by atoms with E-state index < -0.39 is 22.2 Å². The molecule has 0 spiro atoms. The van der Waals surface area contributed by atoms with Gasteiger partial charge in [-0.15, -0.1) is 0 Å². The summed E-state index contributed by atoms with van der Waals surface area (Å²) in [6, 6.07) is 5.14. The molecule has 0 aliphatic carbocycles. The number of rotatable bonds is 6. The quantitative estimate of drug-likeness (QED) is 0.624. The SMILES string of the molecule is C[C@@H]1CCCCO[C@@H](CN(C)S(C)(=O)=O)[C@H](C)CN([C@@H](C)CO)C(=O)c2cc(N(C)C)ccc2O1. The lowest BCUT2D eigenvalue weighted by Gasteiger charge is -2.35. The second kappa shape index (κ2) is 12.9. The van der Waals surface area contributed by atoms with Crippen LogP contribution in [0.15, 0.2) is 18.2 Å². The van der Waals surface area contributed by atoms with Crippen LogP contribution in [0.2, 0.25) is 0 Å². The lowest BCUT2D eigenvalue weighted by Crippen LogP contribution is -2.47. The maximum atomic E-state index is 13.9. The highest BCUT2D eigenvalue weighted by molar-refractivity contribution is 7.88. The minimum atomic E-state index is -3.38. The number of nitrogens with zero attached hydrogens (tertiary/aromatic N) is 3. The first-order chi connectivity index (χ1) is 16.3. The number of aliphatic hydroxyl groups is 1. The first-order valence-corrected chi connectivity index (χ1v) is 14.1. The van der Waals surface area contributed by atoms with Gasteiger partial charge in [-0.2, -0.15) is 0 Å². The van der Waals surface area contributed by atoms with E-state index in [1.54, 1.807) is 11.8 Å². The molecule has 35 heavy (non-hydrogen) atoms. The van der Waals surface area contributed by atoms with Crippen LogP contribution >= 0.6 is 0 Å². The molecular weight excluding hydrogens is 470 g/mol. The monoisotopic (exact) mass is 513 g/mol. The fraction of sp³-hybridized carbons (Fsp3) is 0.720. The summed E-state index contributed by atoms with van der Waals surface area (Å²) in [6.45, 7) is 6.51. The van der Waals surface area contributed by atoms with Gasteiger partial charge >= 0.3 is 0 Å². The molecule has 10 heteroatoms. The zero-order valence-corrected chi connectivity index (χ0v) is 23.0. The average molecular weight is 514 g/mol. The molecule has 1 aliphatic heterocycles. The van der Waals surface area contributed by atoms with Gasteiger partial charge in [0, 0.05) is 52.4 Å². The van der Waals surface area contributed by atoms with E-state index in [-0.39, 0.29) is 31.1 Å². The molecule has 0 saturated carbocycles. The smallest absolute Gasteiger partial charge is 0.258 e. The van der Waals surface area contributed by atoms with Gasteiger partial charge < -0.3 is 24.4 Å². The number of carbonyl (C=O) groups excluding carboxylic acids is 1. The third-order valence-electron chi connectivity index (χ3n) is 6.55. The maximum absolute atomic E-state index is 13.9. The van der Waals surface area contributed by atoms with E-state index in [0.29, 0.717) is 24.5 Å². The number of hydrogen-bond donors (Lipinski definition) is 1. The average Bonchev–Trinajstić information content (AvgIpc) is 2.79. The topological polar surface area (TPSA) is 99.6 Å². The van der Waals surface area contributed by atoms with Crippen LogP contribution in [-0.2, 0) is 14.8 Å². The molecule has 1 N–H and O–H groups in total. The summed E-state index contributed by atoms with van der Waals surface area (Å²) in [5, 5.41) is 9.96. The highest BCUT2D eigenvalue weighted by Gasteiger charge is 2.31. The van der Waals surface area contributed by atoms with E-state index in [0.717, 1.165) is 24.9 Å².